The third kappa shape index (κ3) is 2.08. The second-order valence-electron chi connectivity index (χ2n) is 2.52. The molecule has 1 aromatic carbocycles. The maximum Gasteiger partial charge on any atom is 0.225 e. The summed E-state index contributed by atoms with van der Waals surface area (Å²) in [4.78, 5) is 10.9. The van der Waals surface area contributed by atoms with Gasteiger partial charge in [-0.15, -0.1) is 0 Å². The molecule has 0 aliphatic heterocycles. The molecule has 0 aromatic heterocycles. The molecule has 0 aliphatic carbocycles. The van der Waals surface area contributed by atoms with E-state index in [9.17, 15) is 4.79 Å². The molecule has 1 atom stereocenters. The summed E-state index contributed by atoms with van der Waals surface area (Å²) in [7, 11) is 0. The molecular weight excluding hydrogens is 218 g/mol. The van der Waals surface area contributed by atoms with Gasteiger partial charge in [0.15, 0.2) is 0 Å². The van der Waals surface area contributed by atoms with Crippen molar-refractivity contribution in [2.45, 2.75) is 5.92 Å². The van der Waals surface area contributed by atoms with Crippen LogP contribution in [0.5, 0.6) is 0 Å². The van der Waals surface area contributed by atoms with Crippen molar-refractivity contribution in [3.05, 3.63) is 35.9 Å². The molecule has 1 unspecified atom stereocenters. The number of halogens is 1. The van der Waals surface area contributed by atoms with Crippen molar-refractivity contribution >= 4 is 21.8 Å². The Bertz CT molecular complexity index is 260. The van der Waals surface area contributed by atoms with Gasteiger partial charge in [0.05, 0.1) is 5.92 Å². The monoisotopic (exact) mass is 227 g/mol. The minimum Gasteiger partial charge on any atom is -0.369 e. The largest absolute Gasteiger partial charge is 0.369 e. The fraction of sp³-hybridized carbons (Fsp3) is 0.222. The fourth-order valence-electron chi connectivity index (χ4n) is 1.01. The van der Waals surface area contributed by atoms with Gasteiger partial charge in [-0.05, 0) is 5.56 Å². The van der Waals surface area contributed by atoms with Crippen molar-refractivity contribution in [3.63, 3.8) is 0 Å². The van der Waals surface area contributed by atoms with Gasteiger partial charge in [-0.25, -0.2) is 0 Å². The Kier molecular flexibility index (Phi) is 3.29. The van der Waals surface area contributed by atoms with Crippen LogP contribution in [0.2, 0.25) is 0 Å². The van der Waals surface area contributed by atoms with E-state index >= 15 is 0 Å². The SMILES string of the molecule is NC(=O)C(CBr)c1ccccc1. The number of amides is 1. The van der Waals surface area contributed by atoms with E-state index < -0.39 is 0 Å². The summed E-state index contributed by atoms with van der Waals surface area (Å²) in [5.74, 6) is -0.510. The summed E-state index contributed by atoms with van der Waals surface area (Å²) in [5.41, 5.74) is 6.17. The average molecular weight is 228 g/mol. The quantitative estimate of drug-likeness (QED) is 0.785. The fourth-order valence-corrected chi connectivity index (χ4v) is 1.71. The van der Waals surface area contributed by atoms with Crippen molar-refractivity contribution < 1.29 is 4.79 Å². The van der Waals surface area contributed by atoms with Crippen molar-refractivity contribution in [2.75, 3.05) is 5.33 Å². The number of carbonyl (C=O) groups is 1. The molecular formula is C9H10BrNO. The first-order valence-corrected chi connectivity index (χ1v) is 4.78. The van der Waals surface area contributed by atoms with Crippen molar-refractivity contribution in [1.82, 2.24) is 0 Å². The second kappa shape index (κ2) is 4.26. The van der Waals surface area contributed by atoms with Gasteiger partial charge in [-0.1, -0.05) is 46.3 Å². The lowest BCUT2D eigenvalue weighted by Crippen LogP contribution is -2.22. The van der Waals surface area contributed by atoms with Gasteiger partial charge in [0.2, 0.25) is 5.91 Å². The van der Waals surface area contributed by atoms with Crippen LogP contribution in [0.1, 0.15) is 11.5 Å². The first-order chi connectivity index (χ1) is 5.75. The van der Waals surface area contributed by atoms with Crippen molar-refractivity contribution in [1.29, 1.82) is 0 Å². The lowest BCUT2D eigenvalue weighted by Gasteiger charge is -2.08. The van der Waals surface area contributed by atoms with Gasteiger partial charge in [0.1, 0.15) is 0 Å². The zero-order chi connectivity index (χ0) is 8.97. The number of carbonyl (C=O) groups excluding carboxylic acids is 1. The highest BCUT2D eigenvalue weighted by Crippen LogP contribution is 2.16. The van der Waals surface area contributed by atoms with E-state index in [-0.39, 0.29) is 11.8 Å². The normalized spacial score (nSPS) is 12.4. The topological polar surface area (TPSA) is 43.1 Å². The average Bonchev–Trinajstić information content (AvgIpc) is 2.07. The van der Waals surface area contributed by atoms with Crippen LogP contribution in [0, 0.1) is 0 Å². The number of primary amides is 1. The number of alkyl halides is 1. The number of rotatable bonds is 3. The summed E-state index contributed by atoms with van der Waals surface area (Å²) in [6.45, 7) is 0. The molecule has 1 amide bonds. The maximum atomic E-state index is 10.9. The van der Waals surface area contributed by atoms with E-state index in [4.69, 9.17) is 5.73 Å². The highest BCUT2D eigenvalue weighted by Gasteiger charge is 2.14. The van der Waals surface area contributed by atoms with Crippen LogP contribution < -0.4 is 5.73 Å². The number of nitrogens with two attached hydrogens (primary N) is 1. The minimum atomic E-state index is -0.293. The Morgan fingerprint density at radius 2 is 2.00 bits per heavy atom. The molecule has 0 bridgehead atoms. The Labute approximate surface area is 79.9 Å². The number of hydrogen-bond acceptors (Lipinski definition) is 1. The summed E-state index contributed by atoms with van der Waals surface area (Å²) < 4.78 is 0. The Morgan fingerprint density at radius 3 is 2.42 bits per heavy atom. The number of hydrogen-bond donors (Lipinski definition) is 1. The van der Waals surface area contributed by atoms with E-state index in [1.165, 1.54) is 0 Å². The first kappa shape index (κ1) is 9.26. The van der Waals surface area contributed by atoms with Gasteiger partial charge in [-0.2, -0.15) is 0 Å². The Hall–Kier alpha value is -0.830. The molecule has 2 N–H and O–H groups in total. The highest BCUT2D eigenvalue weighted by molar-refractivity contribution is 9.09. The molecule has 1 aromatic rings. The molecule has 12 heavy (non-hydrogen) atoms. The van der Waals surface area contributed by atoms with Gasteiger partial charge in [0, 0.05) is 5.33 Å². The summed E-state index contributed by atoms with van der Waals surface area (Å²) in [6.07, 6.45) is 0. The Morgan fingerprint density at radius 1 is 1.42 bits per heavy atom. The van der Waals surface area contributed by atoms with Crippen LogP contribution >= 0.6 is 15.9 Å². The molecule has 0 fully saturated rings. The predicted molar refractivity (Wildman–Crippen MR) is 52.2 cm³/mol. The molecule has 2 nitrogen and oxygen atoms in total. The molecule has 0 heterocycles. The molecule has 1 rings (SSSR count). The van der Waals surface area contributed by atoms with Crippen molar-refractivity contribution in [2.24, 2.45) is 5.73 Å². The van der Waals surface area contributed by atoms with E-state index in [1.54, 1.807) is 0 Å². The lowest BCUT2D eigenvalue weighted by atomic mass is 10.0. The van der Waals surface area contributed by atoms with Gasteiger partial charge in [0.25, 0.3) is 0 Å². The molecule has 64 valence electrons. The van der Waals surface area contributed by atoms with Crippen LogP contribution in [-0.4, -0.2) is 11.2 Å². The predicted octanol–water partition coefficient (Wildman–Crippen LogP) is 1.65. The molecule has 0 aliphatic rings. The molecule has 0 saturated carbocycles. The van der Waals surface area contributed by atoms with Gasteiger partial charge < -0.3 is 5.73 Å². The van der Waals surface area contributed by atoms with Gasteiger partial charge in [-0.3, -0.25) is 4.79 Å². The summed E-state index contributed by atoms with van der Waals surface area (Å²) in [5, 5.41) is 0.576. The minimum absolute atomic E-state index is 0.216. The molecule has 3 heteroatoms. The van der Waals surface area contributed by atoms with Crippen LogP contribution in [0.3, 0.4) is 0 Å². The van der Waals surface area contributed by atoms with E-state index in [0.29, 0.717) is 5.33 Å². The molecule has 0 saturated heterocycles. The smallest absolute Gasteiger partial charge is 0.225 e. The van der Waals surface area contributed by atoms with E-state index in [1.807, 2.05) is 30.3 Å². The van der Waals surface area contributed by atoms with Crippen LogP contribution in [0.15, 0.2) is 30.3 Å². The zero-order valence-electron chi connectivity index (χ0n) is 6.53. The van der Waals surface area contributed by atoms with E-state index in [2.05, 4.69) is 15.9 Å². The highest BCUT2D eigenvalue weighted by atomic mass is 79.9. The lowest BCUT2D eigenvalue weighted by molar-refractivity contribution is -0.118. The first-order valence-electron chi connectivity index (χ1n) is 3.66. The summed E-state index contributed by atoms with van der Waals surface area (Å²) >= 11 is 3.25. The van der Waals surface area contributed by atoms with Crippen LogP contribution in [0.25, 0.3) is 0 Å². The van der Waals surface area contributed by atoms with Crippen LogP contribution in [0.4, 0.5) is 0 Å². The number of benzene rings is 1. The van der Waals surface area contributed by atoms with Gasteiger partial charge >= 0.3 is 0 Å². The van der Waals surface area contributed by atoms with E-state index in [0.717, 1.165) is 5.56 Å². The standard InChI is InChI=1S/C9H10BrNO/c10-6-8(9(11)12)7-4-2-1-3-5-7/h1-5,8H,6H2,(H2,11,12). The van der Waals surface area contributed by atoms with Crippen LogP contribution in [-0.2, 0) is 4.79 Å². The summed E-state index contributed by atoms with van der Waals surface area (Å²) in [6, 6.07) is 9.50. The maximum absolute atomic E-state index is 10.9. The third-order valence-electron chi connectivity index (χ3n) is 1.70. The molecule has 0 spiro atoms. The Balaban J connectivity index is 2.88. The molecule has 0 radical (unpaired) electrons. The van der Waals surface area contributed by atoms with Crippen molar-refractivity contribution in [3.8, 4) is 0 Å². The second-order valence-corrected chi connectivity index (χ2v) is 3.17. The third-order valence-corrected chi connectivity index (χ3v) is 2.35. The zero-order valence-corrected chi connectivity index (χ0v) is 8.12.